The summed E-state index contributed by atoms with van der Waals surface area (Å²) in [6.45, 7) is 0. The minimum atomic E-state index is -0.209. The van der Waals surface area contributed by atoms with Crippen LogP contribution in [0.1, 0.15) is 17.3 Å². The summed E-state index contributed by atoms with van der Waals surface area (Å²) in [5.74, 6) is 0. The fraction of sp³-hybridized carbons (Fsp3) is 0.167. The van der Waals surface area contributed by atoms with Gasteiger partial charge in [-0.05, 0) is 30.2 Å². The molecule has 0 spiro atoms. The van der Waals surface area contributed by atoms with Crippen LogP contribution >= 0.6 is 11.6 Å². The third-order valence-corrected chi connectivity index (χ3v) is 2.73. The number of nitrogens with two attached hydrogens (primary N) is 2. The van der Waals surface area contributed by atoms with E-state index in [1.165, 1.54) is 0 Å². The lowest BCUT2D eigenvalue weighted by molar-refractivity contribution is 0.696. The van der Waals surface area contributed by atoms with Gasteiger partial charge in [-0.15, -0.1) is 0 Å². The molecule has 0 amide bonds. The van der Waals surface area contributed by atoms with Gasteiger partial charge < -0.3 is 11.5 Å². The normalized spacial score (nSPS) is 12.4. The lowest BCUT2D eigenvalue weighted by Gasteiger charge is -2.12. The molecule has 4 nitrogen and oxygen atoms in total. The highest BCUT2D eigenvalue weighted by atomic mass is 35.5. The van der Waals surface area contributed by atoms with Crippen molar-refractivity contribution < 1.29 is 0 Å². The van der Waals surface area contributed by atoms with Crippen molar-refractivity contribution in [1.82, 2.24) is 9.97 Å². The second kappa shape index (κ2) is 5.12. The van der Waals surface area contributed by atoms with Gasteiger partial charge in [-0.1, -0.05) is 11.6 Å². The number of aromatic nitrogens is 2. The Bertz CT molecular complexity index is 498. The second-order valence-electron chi connectivity index (χ2n) is 3.79. The predicted molar refractivity (Wildman–Crippen MR) is 68.5 cm³/mol. The van der Waals surface area contributed by atoms with Crippen molar-refractivity contribution in [3.63, 3.8) is 0 Å². The fourth-order valence-corrected chi connectivity index (χ4v) is 1.67. The van der Waals surface area contributed by atoms with Gasteiger partial charge in [-0.25, -0.2) is 0 Å². The number of anilines is 1. The molecule has 5 heteroatoms. The maximum absolute atomic E-state index is 6.06. The first-order chi connectivity index (χ1) is 8.16. The summed E-state index contributed by atoms with van der Waals surface area (Å²) in [5.41, 5.74) is 14.3. The van der Waals surface area contributed by atoms with Crippen LogP contribution in [0.2, 0.25) is 5.02 Å². The van der Waals surface area contributed by atoms with E-state index in [2.05, 4.69) is 9.97 Å². The molecule has 0 radical (unpaired) electrons. The van der Waals surface area contributed by atoms with E-state index in [-0.39, 0.29) is 6.04 Å². The van der Waals surface area contributed by atoms with Crippen LogP contribution in [0.25, 0.3) is 0 Å². The topological polar surface area (TPSA) is 77.8 Å². The van der Waals surface area contributed by atoms with Gasteiger partial charge in [0.2, 0.25) is 0 Å². The third kappa shape index (κ3) is 2.93. The Morgan fingerprint density at radius 2 is 2.06 bits per heavy atom. The van der Waals surface area contributed by atoms with Gasteiger partial charge in [0, 0.05) is 24.3 Å². The van der Waals surface area contributed by atoms with Crippen molar-refractivity contribution in [2.45, 2.75) is 12.5 Å². The molecule has 17 heavy (non-hydrogen) atoms. The van der Waals surface area contributed by atoms with E-state index in [9.17, 15) is 0 Å². The van der Waals surface area contributed by atoms with Gasteiger partial charge in [0.15, 0.2) is 0 Å². The Kier molecular flexibility index (Phi) is 3.56. The van der Waals surface area contributed by atoms with E-state index in [4.69, 9.17) is 23.1 Å². The smallest absolute Gasteiger partial charge is 0.0589 e. The van der Waals surface area contributed by atoms with Gasteiger partial charge in [-0.2, -0.15) is 0 Å². The fourth-order valence-electron chi connectivity index (χ4n) is 1.56. The van der Waals surface area contributed by atoms with E-state index in [1.54, 1.807) is 30.7 Å². The van der Waals surface area contributed by atoms with Gasteiger partial charge in [0.1, 0.15) is 0 Å². The standard InChI is InChI=1S/C12H13ClN4/c13-9-1-2-12(17-7-9)11(15)5-8-6-16-4-3-10(8)14/h1-4,6-7,11H,5,15H2,(H2,14,16). The molecule has 0 aliphatic rings. The van der Waals surface area contributed by atoms with Crippen LogP contribution in [-0.4, -0.2) is 9.97 Å². The van der Waals surface area contributed by atoms with Crippen molar-refractivity contribution in [2.75, 3.05) is 5.73 Å². The summed E-state index contributed by atoms with van der Waals surface area (Å²) in [7, 11) is 0. The van der Waals surface area contributed by atoms with E-state index < -0.39 is 0 Å². The summed E-state index contributed by atoms with van der Waals surface area (Å²) in [6, 6.07) is 5.14. The summed E-state index contributed by atoms with van der Waals surface area (Å²) in [5, 5.41) is 0.599. The van der Waals surface area contributed by atoms with Crippen LogP contribution in [0.5, 0.6) is 0 Å². The molecule has 1 atom stereocenters. The molecule has 2 heterocycles. The molecule has 0 fully saturated rings. The molecule has 1 unspecified atom stereocenters. The number of nitrogen functional groups attached to an aromatic ring is 1. The number of hydrogen-bond donors (Lipinski definition) is 2. The van der Waals surface area contributed by atoms with Crippen molar-refractivity contribution in [3.05, 3.63) is 53.1 Å². The van der Waals surface area contributed by atoms with Crippen LogP contribution < -0.4 is 11.5 Å². The van der Waals surface area contributed by atoms with E-state index in [1.807, 2.05) is 6.07 Å². The largest absolute Gasteiger partial charge is 0.398 e. The first-order valence-electron chi connectivity index (χ1n) is 5.22. The SMILES string of the molecule is Nc1ccncc1CC(N)c1ccc(Cl)cn1. The molecule has 0 aliphatic carbocycles. The minimum Gasteiger partial charge on any atom is -0.398 e. The van der Waals surface area contributed by atoms with E-state index >= 15 is 0 Å². The summed E-state index contributed by atoms with van der Waals surface area (Å²) >= 11 is 5.77. The molecule has 0 aromatic carbocycles. The second-order valence-corrected chi connectivity index (χ2v) is 4.22. The van der Waals surface area contributed by atoms with E-state index in [0.29, 0.717) is 17.1 Å². The van der Waals surface area contributed by atoms with Gasteiger partial charge in [0.25, 0.3) is 0 Å². The number of hydrogen-bond acceptors (Lipinski definition) is 4. The van der Waals surface area contributed by atoms with Crippen LogP contribution in [0, 0.1) is 0 Å². The van der Waals surface area contributed by atoms with Crippen LogP contribution in [0.4, 0.5) is 5.69 Å². The highest BCUT2D eigenvalue weighted by Gasteiger charge is 2.10. The van der Waals surface area contributed by atoms with Crippen molar-refractivity contribution in [2.24, 2.45) is 5.73 Å². The maximum Gasteiger partial charge on any atom is 0.0589 e. The molecule has 2 rings (SSSR count). The molecule has 88 valence electrons. The van der Waals surface area contributed by atoms with Gasteiger partial charge in [-0.3, -0.25) is 9.97 Å². The Balaban J connectivity index is 2.14. The number of nitrogens with zero attached hydrogens (tertiary/aromatic N) is 2. The van der Waals surface area contributed by atoms with Crippen molar-refractivity contribution >= 4 is 17.3 Å². The zero-order valence-corrected chi connectivity index (χ0v) is 9.93. The van der Waals surface area contributed by atoms with Gasteiger partial charge >= 0.3 is 0 Å². The third-order valence-electron chi connectivity index (χ3n) is 2.51. The lowest BCUT2D eigenvalue weighted by Crippen LogP contribution is -2.15. The molecule has 0 bridgehead atoms. The Morgan fingerprint density at radius 1 is 1.24 bits per heavy atom. The Hall–Kier alpha value is -1.65. The monoisotopic (exact) mass is 248 g/mol. The van der Waals surface area contributed by atoms with Gasteiger partial charge in [0.05, 0.1) is 16.8 Å². The summed E-state index contributed by atoms with van der Waals surface area (Å²) < 4.78 is 0. The molecule has 4 N–H and O–H groups in total. The van der Waals surface area contributed by atoms with Crippen molar-refractivity contribution in [3.8, 4) is 0 Å². The highest BCUT2D eigenvalue weighted by Crippen LogP contribution is 2.18. The number of halogens is 1. The molecular formula is C12H13ClN4. The Labute approximate surface area is 105 Å². The zero-order chi connectivity index (χ0) is 12.3. The first-order valence-corrected chi connectivity index (χ1v) is 5.60. The minimum absolute atomic E-state index is 0.209. The highest BCUT2D eigenvalue weighted by molar-refractivity contribution is 6.30. The maximum atomic E-state index is 6.06. The predicted octanol–water partition coefficient (Wildman–Crippen LogP) is 1.95. The molecular weight excluding hydrogens is 236 g/mol. The lowest BCUT2D eigenvalue weighted by atomic mass is 10.0. The zero-order valence-electron chi connectivity index (χ0n) is 9.18. The van der Waals surface area contributed by atoms with Crippen LogP contribution in [-0.2, 0) is 6.42 Å². The average molecular weight is 249 g/mol. The quantitative estimate of drug-likeness (QED) is 0.870. The Morgan fingerprint density at radius 3 is 2.71 bits per heavy atom. The van der Waals surface area contributed by atoms with E-state index in [0.717, 1.165) is 11.3 Å². The molecule has 2 aromatic rings. The molecule has 0 saturated carbocycles. The summed E-state index contributed by atoms with van der Waals surface area (Å²) in [6.07, 6.45) is 5.58. The number of pyridine rings is 2. The van der Waals surface area contributed by atoms with Crippen LogP contribution in [0.15, 0.2) is 36.8 Å². The average Bonchev–Trinajstić information content (AvgIpc) is 2.33. The molecule has 0 aliphatic heterocycles. The first kappa shape index (κ1) is 11.8. The summed E-state index contributed by atoms with van der Waals surface area (Å²) in [4.78, 5) is 8.22. The molecule has 0 saturated heterocycles. The van der Waals surface area contributed by atoms with Crippen molar-refractivity contribution in [1.29, 1.82) is 0 Å². The molecule has 2 aromatic heterocycles. The number of rotatable bonds is 3. The van der Waals surface area contributed by atoms with Crippen LogP contribution in [0.3, 0.4) is 0 Å².